The van der Waals surface area contributed by atoms with Gasteiger partial charge in [0, 0.05) is 24.0 Å². The van der Waals surface area contributed by atoms with Gasteiger partial charge in [-0.2, -0.15) is 4.37 Å². The van der Waals surface area contributed by atoms with Gasteiger partial charge in [-0.25, -0.2) is 9.78 Å². The van der Waals surface area contributed by atoms with E-state index in [0.717, 1.165) is 9.90 Å². The van der Waals surface area contributed by atoms with Crippen molar-refractivity contribution >= 4 is 52.8 Å². The molecular formula is C20H21N5O4S3. The van der Waals surface area contributed by atoms with Crippen molar-refractivity contribution < 1.29 is 19.5 Å². The fourth-order valence-electron chi connectivity index (χ4n) is 3.53. The van der Waals surface area contributed by atoms with Crippen molar-refractivity contribution in [1.29, 1.82) is 0 Å². The van der Waals surface area contributed by atoms with Crippen LogP contribution in [-0.4, -0.2) is 60.1 Å². The molecule has 3 atom stereocenters. The highest BCUT2D eigenvalue weighted by Gasteiger charge is 2.54. The molecule has 0 spiro atoms. The van der Waals surface area contributed by atoms with Crippen LogP contribution < -0.4 is 11.1 Å². The van der Waals surface area contributed by atoms with Crippen molar-refractivity contribution in [2.75, 3.05) is 11.5 Å². The quantitative estimate of drug-likeness (QED) is 0.372. The SMILES string of the molecule is Cc1nsc(SCC2=C(C(=O)O)N3C(=O)C(NC(=O)CC(N)c4ccccc4)[C@@H]3SC2)n1. The van der Waals surface area contributed by atoms with E-state index in [-0.39, 0.29) is 18.0 Å². The molecule has 2 aliphatic heterocycles. The van der Waals surface area contributed by atoms with Crippen molar-refractivity contribution in [3.8, 4) is 0 Å². The maximum atomic E-state index is 12.8. The molecule has 1 saturated heterocycles. The predicted molar refractivity (Wildman–Crippen MR) is 123 cm³/mol. The number of nitrogens with one attached hydrogen (secondary N) is 1. The first kappa shape index (κ1) is 22.8. The topological polar surface area (TPSA) is 139 Å². The third-order valence-electron chi connectivity index (χ3n) is 5.08. The summed E-state index contributed by atoms with van der Waals surface area (Å²) in [7, 11) is 0. The van der Waals surface area contributed by atoms with E-state index in [4.69, 9.17) is 5.73 Å². The molecule has 2 unspecified atom stereocenters. The summed E-state index contributed by atoms with van der Waals surface area (Å²) in [6, 6.07) is 8.01. The van der Waals surface area contributed by atoms with Crippen molar-refractivity contribution in [3.05, 3.63) is 53.0 Å². The van der Waals surface area contributed by atoms with Gasteiger partial charge in [0.05, 0.1) is 0 Å². The first-order chi connectivity index (χ1) is 15.3. The fraction of sp³-hybridized carbons (Fsp3) is 0.350. The molecule has 9 nitrogen and oxygen atoms in total. The van der Waals surface area contributed by atoms with Crippen molar-refractivity contribution in [2.45, 2.75) is 35.1 Å². The highest BCUT2D eigenvalue weighted by molar-refractivity contribution is 8.01. The normalized spacial score (nSPS) is 21.1. The third-order valence-corrected chi connectivity index (χ3v) is 8.43. The maximum absolute atomic E-state index is 12.8. The number of carbonyl (C=O) groups excluding carboxylic acids is 2. The predicted octanol–water partition coefficient (Wildman–Crippen LogP) is 1.77. The average molecular weight is 492 g/mol. The molecule has 1 aromatic carbocycles. The smallest absolute Gasteiger partial charge is 0.352 e. The number of aromatic nitrogens is 2. The van der Waals surface area contributed by atoms with E-state index in [0.29, 0.717) is 22.9 Å². The monoisotopic (exact) mass is 491 g/mol. The largest absolute Gasteiger partial charge is 0.477 e. The van der Waals surface area contributed by atoms with Crippen molar-refractivity contribution in [3.63, 3.8) is 0 Å². The molecule has 4 rings (SSSR count). The number of carboxylic acids is 1. The molecule has 0 radical (unpaired) electrons. The number of nitrogens with zero attached hydrogens (tertiary/aromatic N) is 3. The number of hydrogen-bond acceptors (Lipinski definition) is 9. The van der Waals surface area contributed by atoms with Gasteiger partial charge >= 0.3 is 5.97 Å². The molecule has 0 aliphatic carbocycles. The Labute approximate surface area is 197 Å². The van der Waals surface area contributed by atoms with E-state index in [1.165, 1.54) is 40.0 Å². The fourth-order valence-corrected chi connectivity index (χ4v) is 6.66. The van der Waals surface area contributed by atoms with Crippen LogP contribution in [-0.2, 0) is 14.4 Å². The second-order valence-corrected chi connectivity index (χ2v) is 10.4. The Morgan fingerprint density at radius 3 is 2.78 bits per heavy atom. The molecule has 2 aliphatic rings. The van der Waals surface area contributed by atoms with Crippen LogP contribution in [0.1, 0.15) is 23.9 Å². The minimum absolute atomic E-state index is 0.000951. The first-order valence-electron chi connectivity index (χ1n) is 9.78. The zero-order valence-corrected chi connectivity index (χ0v) is 19.5. The molecule has 1 fully saturated rings. The van der Waals surface area contributed by atoms with Gasteiger partial charge in [0.2, 0.25) is 5.91 Å². The van der Waals surface area contributed by atoms with Gasteiger partial charge in [0.25, 0.3) is 5.91 Å². The summed E-state index contributed by atoms with van der Waals surface area (Å²) in [5.74, 6) is -0.376. The van der Waals surface area contributed by atoms with E-state index >= 15 is 0 Å². The number of rotatable bonds is 8. The van der Waals surface area contributed by atoms with Gasteiger partial charge < -0.3 is 16.2 Å². The lowest BCUT2D eigenvalue weighted by atomic mass is 10.0. The number of aryl methyl sites for hydroxylation is 1. The summed E-state index contributed by atoms with van der Waals surface area (Å²) in [4.78, 5) is 42.7. The van der Waals surface area contributed by atoms with Crippen molar-refractivity contribution in [1.82, 2.24) is 19.6 Å². The Morgan fingerprint density at radius 1 is 1.38 bits per heavy atom. The Morgan fingerprint density at radius 2 is 2.12 bits per heavy atom. The lowest BCUT2D eigenvalue weighted by molar-refractivity contribution is -0.150. The van der Waals surface area contributed by atoms with Gasteiger partial charge in [0.1, 0.15) is 22.9 Å². The Bertz CT molecular complexity index is 1070. The number of thioether (sulfide) groups is 2. The standard InChI is InChI=1S/C20H21N5O4S3/c1-10-22-20(32-24-10)31-9-12-8-30-18-15(17(27)25(18)16(12)19(28)29)23-14(26)7-13(21)11-5-3-2-4-6-11/h2-6,13,15,18H,7-9,21H2,1H3,(H,23,26)(H,28,29)/t13?,15?,18-/m0/s1. The van der Waals surface area contributed by atoms with Crippen molar-refractivity contribution in [2.24, 2.45) is 5.73 Å². The number of fused-ring (bicyclic) bond motifs is 1. The lowest BCUT2D eigenvalue weighted by Crippen LogP contribution is -2.70. The van der Waals surface area contributed by atoms with Crippen LogP contribution in [0, 0.1) is 6.92 Å². The number of carboxylic acid groups (broad SMARTS) is 1. The Kier molecular flexibility index (Phi) is 6.84. The molecule has 2 aromatic rings. The highest BCUT2D eigenvalue weighted by atomic mass is 32.2. The van der Waals surface area contributed by atoms with Gasteiger partial charge in [-0.1, -0.05) is 42.1 Å². The van der Waals surface area contributed by atoms with E-state index < -0.39 is 29.3 Å². The summed E-state index contributed by atoms with van der Waals surface area (Å²) in [6.07, 6.45) is 0.0377. The van der Waals surface area contributed by atoms with E-state index in [1.807, 2.05) is 30.3 Å². The maximum Gasteiger partial charge on any atom is 0.352 e. The second-order valence-electron chi connectivity index (χ2n) is 7.33. The first-order valence-corrected chi connectivity index (χ1v) is 12.6. The van der Waals surface area contributed by atoms with E-state index in [9.17, 15) is 19.5 Å². The molecule has 12 heteroatoms. The molecule has 168 valence electrons. The number of benzene rings is 1. The van der Waals surface area contributed by atoms with Gasteiger partial charge in [-0.05, 0) is 29.6 Å². The van der Waals surface area contributed by atoms with Crippen LogP contribution in [0.5, 0.6) is 0 Å². The van der Waals surface area contributed by atoms with Crippen LogP contribution in [0.2, 0.25) is 0 Å². The summed E-state index contributed by atoms with van der Waals surface area (Å²) < 4.78 is 4.87. The van der Waals surface area contributed by atoms with Gasteiger partial charge in [-0.3, -0.25) is 14.5 Å². The molecule has 0 saturated carbocycles. The number of hydrogen-bond donors (Lipinski definition) is 3. The Balaban J connectivity index is 1.40. The average Bonchev–Trinajstić information content (AvgIpc) is 3.20. The number of amides is 2. The molecule has 32 heavy (non-hydrogen) atoms. The van der Waals surface area contributed by atoms with Gasteiger partial charge in [-0.15, -0.1) is 11.8 Å². The molecule has 4 N–H and O–H groups in total. The number of carbonyl (C=O) groups is 3. The minimum atomic E-state index is -1.15. The van der Waals surface area contributed by atoms with Crippen LogP contribution in [0.25, 0.3) is 0 Å². The molecule has 0 bridgehead atoms. The summed E-state index contributed by atoms with van der Waals surface area (Å²) in [6.45, 7) is 1.80. The van der Waals surface area contributed by atoms with E-state index in [1.54, 1.807) is 6.92 Å². The zero-order valence-electron chi connectivity index (χ0n) is 17.1. The lowest BCUT2D eigenvalue weighted by Gasteiger charge is -2.49. The number of β-lactam (4-membered cyclic amide) rings is 1. The highest BCUT2D eigenvalue weighted by Crippen LogP contribution is 2.41. The number of nitrogens with two attached hydrogens (primary N) is 1. The molecule has 2 amide bonds. The zero-order chi connectivity index (χ0) is 22.8. The molecular weight excluding hydrogens is 470 g/mol. The third kappa shape index (κ3) is 4.68. The minimum Gasteiger partial charge on any atom is -0.477 e. The van der Waals surface area contributed by atoms with Crippen LogP contribution >= 0.6 is 35.1 Å². The van der Waals surface area contributed by atoms with Gasteiger partial charge in [0.15, 0.2) is 4.34 Å². The van der Waals surface area contributed by atoms with Crippen LogP contribution in [0.4, 0.5) is 0 Å². The van der Waals surface area contributed by atoms with Crippen LogP contribution in [0.3, 0.4) is 0 Å². The molecule has 1 aromatic heterocycles. The summed E-state index contributed by atoms with van der Waals surface area (Å²) >= 11 is 4.11. The van der Waals surface area contributed by atoms with Crippen LogP contribution in [0.15, 0.2) is 45.9 Å². The number of aliphatic carboxylic acids is 1. The van der Waals surface area contributed by atoms with E-state index in [2.05, 4.69) is 14.7 Å². The summed E-state index contributed by atoms with van der Waals surface area (Å²) in [5, 5.41) is 12.1. The summed E-state index contributed by atoms with van der Waals surface area (Å²) in [5.41, 5.74) is 7.59. The second kappa shape index (κ2) is 9.61. The molecule has 3 heterocycles. The Hall–Kier alpha value is -2.41.